The number of halogens is 1. The number of furan rings is 1. The van der Waals surface area contributed by atoms with Crippen molar-refractivity contribution in [2.75, 3.05) is 7.05 Å². The highest BCUT2D eigenvalue weighted by molar-refractivity contribution is 6.31. The van der Waals surface area contributed by atoms with Crippen molar-refractivity contribution in [3.05, 3.63) is 35.0 Å². The van der Waals surface area contributed by atoms with E-state index in [-0.39, 0.29) is 6.04 Å². The van der Waals surface area contributed by atoms with Crippen LogP contribution >= 0.6 is 11.6 Å². The van der Waals surface area contributed by atoms with Crippen LogP contribution in [0, 0.1) is 5.92 Å². The molecule has 0 bridgehead atoms. The van der Waals surface area contributed by atoms with E-state index in [9.17, 15) is 0 Å². The molecule has 2 aromatic rings. The van der Waals surface area contributed by atoms with Gasteiger partial charge in [-0.3, -0.25) is 0 Å². The van der Waals surface area contributed by atoms with Gasteiger partial charge in [0.2, 0.25) is 0 Å². The van der Waals surface area contributed by atoms with E-state index in [1.807, 2.05) is 25.2 Å². The summed E-state index contributed by atoms with van der Waals surface area (Å²) in [5, 5.41) is 5.26. The van der Waals surface area contributed by atoms with Gasteiger partial charge in [0.25, 0.3) is 0 Å². The molecule has 0 fully saturated rings. The third kappa shape index (κ3) is 3.36. The van der Waals surface area contributed by atoms with E-state index in [2.05, 4.69) is 25.2 Å². The van der Waals surface area contributed by atoms with Crippen LogP contribution < -0.4 is 5.32 Å². The molecule has 0 spiro atoms. The van der Waals surface area contributed by atoms with E-state index in [0.29, 0.717) is 5.92 Å². The highest BCUT2D eigenvalue weighted by atomic mass is 35.5. The topological polar surface area (TPSA) is 25.2 Å². The highest BCUT2D eigenvalue weighted by Gasteiger charge is 2.23. The fourth-order valence-corrected chi connectivity index (χ4v) is 3.05. The molecule has 20 heavy (non-hydrogen) atoms. The van der Waals surface area contributed by atoms with Crippen molar-refractivity contribution >= 4 is 22.6 Å². The van der Waals surface area contributed by atoms with Gasteiger partial charge in [-0.2, -0.15) is 0 Å². The third-order valence-electron chi connectivity index (χ3n) is 4.04. The van der Waals surface area contributed by atoms with Gasteiger partial charge in [0, 0.05) is 10.4 Å². The minimum atomic E-state index is 0.276. The molecular weight excluding hydrogens is 270 g/mol. The van der Waals surface area contributed by atoms with E-state index in [0.717, 1.165) is 28.2 Å². The van der Waals surface area contributed by atoms with Gasteiger partial charge in [0.05, 0.1) is 6.04 Å². The number of hydrogen-bond donors (Lipinski definition) is 1. The molecule has 1 aromatic heterocycles. The number of rotatable bonds is 7. The Bertz CT molecular complexity index is 549. The SMILES string of the molecule is CCCCC(CC)C(NC)c1cc2cc(Cl)ccc2o1. The van der Waals surface area contributed by atoms with Crippen LogP contribution in [0.4, 0.5) is 0 Å². The van der Waals surface area contributed by atoms with Crippen molar-refractivity contribution < 1.29 is 4.42 Å². The molecule has 0 radical (unpaired) electrons. The maximum atomic E-state index is 6.04. The molecule has 3 heteroatoms. The summed E-state index contributed by atoms with van der Waals surface area (Å²) >= 11 is 6.04. The number of hydrogen-bond acceptors (Lipinski definition) is 2. The Morgan fingerprint density at radius 1 is 1.25 bits per heavy atom. The minimum Gasteiger partial charge on any atom is -0.459 e. The van der Waals surface area contributed by atoms with Crippen LogP contribution in [0.3, 0.4) is 0 Å². The molecule has 1 aromatic carbocycles. The van der Waals surface area contributed by atoms with Crippen molar-refractivity contribution in [3.63, 3.8) is 0 Å². The Labute approximate surface area is 126 Å². The summed E-state index contributed by atoms with van der Waals surface area (Å²) < 4.78 is 6.02. The van der Waals surface area contributed by atoms with Crippen LogP contribution in [0.1, 0.15) is 51.3 Å². The lowest BCUT2D eigenvalue weighted by molar-refractivity contribution is 0.301. The van der Waals surface area contributed by atoms with Gasteiger partial charge in [-0.25, -0.2) is 0 Å². The predicted molar refractivity (Wildman–Crippen MR) is 86.3 cm³/mol. The highest BCUT2D eigenvalue weighted by Crippen LogP contribution is 2.33. The molecular formula is C17H24ClNO. The van der Waals surface area contributed by atoms with Crippen LogP contribution in [0.2, 0.25) is 5.02 Å². The maximum absolute atomic E-state index is 6.04. The van der Waals surface area contributed by atoms with Gasteiger partial charge in [-0.1, -0.05) is 44.7 Å². The standard InChI is InChI=1S/C17H24ClNO/c1-4-6-7-12(5-2)17(19-3)16-11-13-10-14(18)8-9-15(13)20-16/h8-12,17,19H,4-7H2,1-3H3. The smallest absolute Gasteiger partial charge is 0.134 e. The van der Waals surface area contributed by atoms with Crippen LogP contribution in [0.15, 0.2) is 28.7 Å². The first kappa shape index (κ1) is 15.4. The Balaban J connectivity index is 2.27. The average molecular weight is 294 g/mol. The summed E-state index contributed by atoms with van der Waals surface area (Å²) in [5.74, 6) is 1.63. The van der Waals surface area contributed by atoms with Crippen LogP contribution in [0.25, 0.3) is 11.0 Å². The first-order valence-corrected chi connectivity index (χ1v) is 7.93. The molecule has 2 unspecified atom stereocenters. The van der Waals surface area contributed by atoms with E-state index >= 15 is 0 Å². The summed E-state index contributed by atoms with van der Waals surface area (Å²) in [6, 6.07) is 8.18. The van der Waals surface area contributed by atoms with Crippen LogP contribution in [0.5, 0.6) is 0 Å². The monoisotopic (exact) mass is 293 g/mol. The van der Waals surface area contributed by atoms with Gasteiger partial charge >= 0.3 is 0 Å². The zero-order valence-corrected chi connectivity index (χ0v) is 13.3. The molecule has 2 rings (SSSR count). The second-order valence-corrected chi connectivity index (χ2v) is 5.84. The molecule has 0 aliphatic heterocycles. The molecule has 0 aliphatic rings. The molecule has 110 valence electrons. The normalized spacial score (nSPS) is 14.6. The number of unbranched alkanes of at least 4 members (excludes halogenated alkanes) is 1. The molecule has 0 saturated heterocycles. The summed E-state index contributed by atoms with van der Waals surface area (Å²) in [4.78, 5) is 0. The van der Waals surface area contributed by atoms with Crippen molar-refractivity contribution in [2.24, 2.45) is 5.92 Å². The van der Waals surface area contributed by atoms with Crippen molar-refractivity contribution in [1.29, 1.82) is 0 Å². The van der Waals surface area contributed by atoms with Gasteiger partial charge in [0.1, 0.15) is 11.3 Å². The fourth-order valence-electron chi connectivity index (χ4n) is 2.87. The minimum absolute atomic E-state index is 0.276. The molecule has 2 atom stereocenters. The second kappa shape index (κ2) is 7.14. The Morgan fingerprint density at radius 3 is 2.70 bits per heavy atom. The first-order valence-electron chi connectivity index (χ1n) is 7.55. The zero-order valence-electron chi connectivity index (χ0n) is 12.6. The lowest BCUT2D eigenvalue weighted by atomic mass is 9.90. The Morgan fingerprint density at radius 2 is 2.05 bits per heavy atom. The average Bonchev–Trinajstić information content (AvgIpc) is 2.85. The van der Waals surface area contributed by atoms with E-state index in [1.165, 1.54) is 19.3 Å². The second-order valence-electron chi connectivity index (χ2n) is 5.41. The molecule has 0 aliphatic carbocycles. The molecule has 2 nitrogen and oxygen atoms in total. The Kier molecular flexibility index (Phi) is 5.50. The van der Waals surface area contributed by atoms with Crippen molar-refractivity contribution in [1.82, 2.24) is 5.32 Å². The lowest BCUT2D eigenvalue weighted by Crippen LogP contribution is -2.24. The van der Waals surface area contributed by atoms with E-state index in [1.54, 1.807) is 0 Å². The number of benzene rings is 1. The summed E-state index contributed by atoms with van der Waals surface area (Å²) in [6.45, 7) is 4.49. The molecule has 1 N–H and O–H groups in total. The predicted octanol–water partition coefficient (Wildman–Crippen LogP) is 5.56. The fraction of sp³-hybridized carbons (Fsp3) is 0.529. The molecule has 0 saturated carbocycles. The number of nitrogens with one attached hydrogen (secondary N) is 1. The first-order chi connectivity index (χ1) is 9.69. The summed E-state index contributed by atoms with van der Waals surface area (Å²) in [5.41, 5.74) is 0.912. The van der Waals surface area contributed by atoms with Gasteiger partial charge < -0.3 is 9.73 Å². The largest absolute Gasteiger partial charge is 0.459 e. The van der Waals surface area contributed by atoms with Crippen molar-refractivity contribution in [3.8, 4) is 0 Å². The van der Waals surface area contributed by atoms with Gasteiger partial charge in [-0.05, 0) is 43.7 Å². The van der Waals surface area contributed by atoms with Gasteiger partial charge in [0.15, 0.2) is 0 Å². The molecule has 1 heterocycles. The Hall–Kier alpha value is -0.990. The van der Waals surface area contributed by atoms with E-state index in [4.69, 9.17) is 16.0 Å². The maximum Gasteiger partial charge on any atom is 0.134 e. The van der Waals surface area contributed by atoms with Crippen LogP contribution in [-0.4, -0.2) is 7.05 Å². The van der Waals surface area contributed by atoms with E-state index < -0.39 is 0 Å². The quantitative estimate of drug-likeness (QED) is 0.722. The van der Waals surface area contributed by atoms with Crippen LogP contribution in [-0.2, 0) is 0 Å². The molecule has 0 amide bonds. The van der Waals surface area contributed by atoms with Gasteiger partial charge in [-0.15, -0.1) is 0 Å². The lowest BCUT2D eigenvalue weighted by Gasteiger charge is -2.24. The van der Waals surface area contributed by atoms with Crippen molar-refractivity contribution in [2.45, 2.75) is 45.6 Å². The summed E-state index contributed by atoms with van der Waals surface area (Å²) in [6.07, 6.45) is 4.89. The summed E-state index contributed by atoms with van der Waals surface area (Å²) in [7, 11) is 2.01. The third-order valence-corrected chi connectivity index (χ3v) is 4.27. The zero-order chi connectivity index (χ0) is 14.5. The number of fused-ring (bicyclic) bond motifs is 1.